The van der Waals surface area contributed by atoms with Gasteiger partial charge >= 0.3 is 5.97 Å². The first-order valence-corrected chi connectivity index (χ1v) is 6.75. The minimum atomic E-state index is -1.03. The Morgan fingerprint density at radius 3 is 2.62 bits per heavy atom. The van der Waals surface area contributed by atoms with Gasteiger partial charge < -0.3 is 14.6 Å². The van der Waals surface area contributed by atoms with Gasteiger partial charge in [-0.1, -0.05) is 35.9 Å². The Morgan fingerprint density at radius 2 is 1.90 bits per heavy atom. The van der Waals surface area contributed by atoms with E-state index < -0.39 is 5.97 Å². The van der Waals surface area contributed by atoms with E-state index in [0.717, 1.165) is 0 Å². The molecule has 0 aromatic heterocycles. The normalized spacial score (nSPS) is 10.4. The number of aromatic carboxylic acids is 1. The Bertz CT molecular complexity index is 640. The number of rotatable bonds is 6. The van der Waals surface area contributed by atoms with Gasteiger partial charge in [0.05, 0.1) is 12.2 Å². The lowest BCUT2D eigenvalue weighted by Gasteiger charge is -2.13. The summed E-state index contributed by atoms with van der Waals surface area (Å²) in [7, 11) is 1.59. The molecule has 21 heavy (non-hydrogen) atoms. The van der Waals surface area contributed by atoms with Crippen molar-refractivity contribution < 1.29 is 19.4 Å². The second-order valence-corrected chi connectivity index (χ2v) is 4.77. The number of hydrogen-bond acceptors (Lipinski definition) is 3. The minimum Gasteiger partial charge on any atom is -0.491 e. The summed E-state index contributed by atoms with van der Waals surface area (Å²) < 4.78 is 10.6. The lowest BCUT2D eigenvalue weighted by Crippen LogP contribution is -2.06. The molecule has 0 spiro atoms. The third kappa shape index (κ3) is 3.74. The van der Waals surface area contributed by atoms with Crippen LogP contribution in [0.15, 0.2) is 42.5 Å². The average Bonchev–Trinajstić information content (AvgIpc) is 2.48. The zero-order chi connectivity index (χ0) is 15.2. The molecule has 0 aliphatic carbocycles. The number of benzene rings is 2. The Morgan fingerprint density at radius 1 is 1.14 bits per heavy atom. The zero-order valence-electron chi connectivity index (χ0n) is 11.5. The molecule has 4 nitrogen and oxygen atoms in total. The standard InChI is InChI=1S/C16H15ClO4/c1-20-8-9-21-15-5-3-2-4-13(15)12-7-6-11(17)10-14(12)16(18)19/h2-7,10H,8-9H2,1H3,(H,18,19). The van der Waals surface area contributed by atoms with Crippen molar-refractivity contribution in [1.82, 2.24) is 0 Å². The van der Waals surface area contributed by atoms with Gasteiger partial charge in [0.2, 0.25) is 0 Å². The molecule has 0 radical (unpaired) electrons. The Hall–Kier alpha value is -2.04. The van der Waals surface area contributed by atoms with Crippen molar-refractivity contribution in [2.75, 3.05) is 20.3 Å². The highest BCUT2D eigenvalue weighted by molar-refractivity contribution is 6.31. The second-order valence-electron chi connectivity index (χ2n) is 4.33. The summed E-state index contributed by atoms with van der Waals surface area (Å²) in [4.78, 5) is 11.4. The van der Waals surface area contributed by atoms with Crippen LogP contribution in [-0.4, -0.2) is 31.4 Å². The monoisotopic (exact) mass is 306 g/mol. The number of carboxylic acid groups (broad SMARTS) is 1. The number of halogens is 1. The summed E-state index contributed by atoms with van der Waals surface area (Å²) >= 11 is 5.88. The van der Waals surface area contributed by atoms with Gasteiger partial charge in [0.25, 0.3) is 0 Å². The van der Waals surface area contributed by atoms with Crippen molar-refractivity contribution in [3.63, 3.8) is 0 Å². The fourth-order valence-corrected chi connectivity index (χ4v) is 2.15. The lowest BCUT2D eigenvalue weighted by molar-refractivity contribution is 0.0697. The van der Waals surface area contributed by atoms with Gasteiger partial charge in [-0.2, -0.15) is 0 Å². The molecular formula is C16H15ClO4. The predicted molar refractivity (Wildman–Crippen MR) is 81.2 cm³/mol. The van der Waals surface area contributed by atoms with E-state index in [0.29, 0.717) is 35.1 Å². The molecule has 2 rings (SSSR count). The number of para-hydroxylation sites is 1. The second kappa shape index (κ2) is 7.11. The Balaban J connectivity index is 2.44. The lowest BCUT2D eigenvalue weighted by atomic mass is 9.99. The molecule has 0 aliphatic heterocycles. The average molecular weight is 307 g/mol. The van der Waals surface area contributed by atoms with Crippen LogP contribution < -0.4 is 4.74 Å². The molecule has 0 fully saturated rings. The predicted octanol–water partition coefficient (Wildman–Crippen LogP) is 3.73. The molecular weight excluding hydrogens is 292 g/mol. The number of hydrogen-bond donors (Lipinski definition) is 1. The molecule has 110 valence electrons. The van der Waals surface area contributed by atoms with E-state index in [1.54, 1.807) is 25.3 Å². The van der Waals surface area contributed by atoms with Gasteiger partial charge in [-0.3, -0.25) is 0 Å². The van der Waals surface area contributed by atoms with Gasteiger partial charge in [0.15, 0.2) is 0 Å². The summed E-state index contributed by atoms with van der Waals surface area (Å²) in [5.41, 5.74) is 1.42. The topological polar surface area (TPSA) is 55.8 Å². The van der Waals surface area contributed by atoms with Crippen LogP contribution in [0.3, 0.4) is 0 Å². The van der Waals surface area contributed by atoms with Gasteiger partial charge in [-0.15, -0.1) is 0 Å². The van der Waals surface area contributed by atoms with Crippen molar-refractivity contribution in [1.29, 1.82) is 0 Å². The quantitative estimate of drug-likeness (QED) is 0.826. The Labute approximate surface area is 127 Å². The molecule has 0 saturated heterocycles. The molecule has 0 heterocycles. The first-order chi connectivity index (χ1) is 10.1. The van der Waals surface area contributed by atoms with Crippen molar-refractivity contribution >= 4 is 17.6 Å². The molecule has 0 amide bonds. The van der Waals surface area contributed by atoms with Crippen molar-refractivity contribution in [3.8, 4) is 16.9 Å². The SMILES string of the molecule is COCCOc1ccccc1-c1ccc(Cl)cc1C(=O)O. The molecule has 0 saturated carbocycles. The summed E-state index contributed by atoms with van der Waals surface area (Å²) in [6, 6.07) is 12.1. The number of methoxy groups -OCH3 is 1. The van der Waals surface area contributed by atoms with Gasteiger partial charge in [-0.05, 0) is 23.8 Å². The summed E-state index contributed by atoms with van der Waals surface area (Å²) in [6.07, 6.45) is 0. The summed E-state index contributed by atoms with van der Waals surface area (Å²) in [5.74, 6) is -0.418. The molecule has 2 aromatic rings. The fraction of sp³-hybridized carbons (Fsp3) is 0.188. The van der Waals surface area contributed by atoms with Crippen LogP contribution in [0.5, 0.6) is 5.75 Å². The van der Waals surface area contributed by atoms with E-state index in [4.69, 9.17) is 21.1 Å². The zero-order valence-corrected chi connectivity index (χ0v) is 12.3. The third-order valence-electron chi connectivity index (χ3n) is 2.93. The van der Waals surface area contributed by atoms with Crippen molar-refractivity contribution in [3.05, 3.63) is 53.1 Å². The molecule has 2 aromatic carbocycles. The maximum absolute atomic E-state index is 11.4. The van der Waals surface area contributed by atoms with Gasteiger partial charge in [0, 0.05) is 17.7 Å². The van der Waals surface area contributed by atoms with Crippen LogP contribution in [0.25, 0.3) is 11.1 Å². The van der Waals surface area contributed by atoms with E-state index in [9.17, 15) is 9.90 Å². The van der Waals surface area contributed by atoms with E-state index in [1.165, 1.54) is 6.07 Å². The van der Waals surface area contributed by atoms with E-state index >= 15 is 0 Å². The molecule has 1 N–H and O–H groups in total. The van der Waals surface area contributed by atoms with Crippen LogP contribution >= 0.6 is 11.6 Å². The number of carboxylic acids is 1. The highest BCUT2D eigenvalue weighted by Crippen LogP contribution is 2.33. The van der Waals surface area contributed by atoms with E-state index in [2.05, 4.69) is 0 Å². The highest BCUT2D eigenvalue weighted by atomic mass is 35.5. The highest BCUT2D eigenvalue weighted by Gasteiger charge is 2.15. The fourth-order valence-electron chi connectivity index (χ4n) is 1.98. The third-order valence-corrected chi connectivity index (χ3v) is 3.17. The van der Waals surface area contributed by atoms with Gasteiger partial charge in [0.1, 0.15) is 12.4 Å². The van der Waals surface area contributed by atoms with Crippen LogP contribution in [0.2, 0.25) is 5.02 Å². The molecule has 0 aliphatic rings. The Kier molecular flexibility index (Phi) is 5.20. The molecule has 5 heteroatoms. The molecule has 0 unspecified atom stereocenters. The van der Waals surface area contributed by atoms with Crippen molar-refractivity contribution in [2.45, 2.75) is 0 Å². The smallest absolute Gasteiger partial charge is 0.336 e. The minimum absolute atomic E-state index is 0.144. The molecule has 0 bridgehead atoms. The first-order valence-electron chi connectivity index (χ1n) is 6.37. The van der Waals surface area contributed by atoms with E-state index in [1.807, 2.05) is 18.2 Å². The van der Waals surface area contributed by atoms with Crippen molar-refractivity contribution in [2.24, 2.45) is 0 Å². The van der Waals surface area contributed by atoms with Crippen LogP contribution in [0.4, 0.5) is 0 Å². The van der Waals surface area contributed by atoms with Crippen LogP contribution in [0, 0.1) is 0 Å². The van der Waals surface area contributed by atoms with E-state index in [-0.39, 0.29) is 5.56 Å². The first kappa shape index (κ1) is 15.4. The van der Waals surface area contributed by atoms with Crippen LogP contribution in [-0.2, 0) is 4.74 Å². The summed E-state index contributed by atoms with van der Waals surface area (Å²) in [5, 5.41) is 9.72. The van der Waals surface area contributed by atoms with Crippen LogP contribution in [0.1, 0.15) is 10.4 Å². The number of carbonyl (C=O) groups is 1. The number of ether oxygens (including phenoxy) is 2. The maximum atomic E-state index is 11.4. The molecule has 0 atom stereocenters. The maximum Gasteiger partial charge on any atom is 0.336 e. The largest absolute Gasteiger partial charge is 0.491 e. The summed E-state index contributed by atoms with van der Waals surface area (Å²) in [6.45, 7) is 0.851. The van der Waals surface area contributed by atoms with Gasteiger partial charge in [-0.25, -0.2) is 4.79 Å².